The number of sulfonamides is 1. The standard InChI is InChI=1S/C30H40ClFN4O4S/c31-23-8-6-21(7-9-23)28(22-12-14-40-15-13-22)29(33)30(37)35-27-5-1-4-26(32)25(27)11-10-24-18-34-17-20-3-2-16-41(38,39)36(24)19-20/h1,4-9,20,22,24,28-29,34H,2-3,10-19,33H2,(H,35,37)/t20-,24+,28+,29+/m1/s1. The van der Waals surface area contributed by atoms with E-state index in [-0.39, 0.29) is 36.0 Å². The van der Waals surface area contributed by atoms with Crippen LogP contribution in [0.5, 0.6) is 0 Å². The molecule has 41 heavy (non-hydrogen) atoms. The molecule has 5 rings (SSSR count). The number of amides is 1. The van der Waals surface area contributed by atoms with Gasteiger partial charge in [0.2, 0.25) is 15.9 Å². The smallest absolute Gasteiger partial charge is 0.241 e. The van der Waals surface area contributed by atoms with Gasteiger partial charge in [0.05, 0.1) is 11.8 Å². The van der Waals surface area contributed by atoms with Crippen LogP contribution in [0.2, 0.25) is 5.02 Å². The highest BCUT2D eigenvalue weighted by Gasteiger charge is 2.37. The Labute approximate surface area is 247 Å². The summed E-state index contributed by atoms with van der Waals surface area (Å²) in [6.45, 7) is 3.02. The maximum Gasteiger partial charge on any atom is 0.241 e. The van der Waals surface area contributed by atoms with Crippen LogP contribution >= 0.6 is 11.6 Å². The van der Waals surface area contributed by atoms with Gasteiger partial charge in [-0.25, -0.2) is 12.8 Å². The summed E-state index contributed by atoms with van der Waals surface area (Å²) >= 11 is 6.12. The summed E-state index contributed by atoms with van der Waals surface area (Å²) in [5, 5.41) is 6.92. The summed E-state index contributed by atoms with van der Waals surface area (Å²) in [6.07, 6.45) is 3.83. The first-order valence-corrected chi connectivity index (χ1v) is 16.6. The number of nitrogens with two attached hydrogens (primary N) is 1. The highest BCUT2D eigenvalue weighted by atomic mass is 35.5. The Hall–Kier alpha value is -2.08. The van der Waals surface area contributed by atoms with Crippen LogP contribution in [0.15, 0.2) is 42.5 Å². The number of fused-ring (bicyclic) bond motifs is 2. The average Bonchev–Trinajstić information content (AvgIpc) is 3.25. The van der Waals surface area contributed by atoms with E-state index in [0.29, 0.717) is 55.4 Å². The fourth-order valence-electron chi connectivity index (χ4n) is 6.63. The van der Waals surface area contributed by atoms with Gasteiger partial charge < -0.3 is 21.1 Å². The number of ether oxygens (including phenoxy) is 1. The normalized spacial score (nSPS) is 26.4. The summed E-state index contributed by atoms with van der Waals surface area (Å²) < 4.78 is 48.4. The van der Waals surface area contributed by atoms with Gasteiger partial charge in [0.1, 0.15) is 5.82 Å². The number of hydrogen-bond donors (Lipinski definition) is 3. The lowest BCUT2D eigenvalue weighted by Crippen LogP contribution is -2.45. The Morgan fingerprint density at radius 3 is 2.66 bits per heavy atom. The maximum absolute atomic E-state index is 15.2. The summed E-state index contributed by atoms with van der Waals surface area (Å²) in [7, 11) is -3.37. The largest absolute Gasteiger partial charge is 0.381 e. The second-order valence-electron chi connectivity index (χ2n) is 11.6. The molecule has 3 heterocycles. The quantitative estimate of drug-likeness (QED) is 0.420. The minimum atomic E-state index is -3.37. The van der Waals surface area contributed by atoms with E-state index in [9.17, 15) is 13.2 Å². The van der Waals surface area contributed by atoms with Crippen LogP contribution in [0.25, 0.3) is 0 Å². The van der Waals surface area contributed by atoms with Crippen molar-refractivity contribution < 1.29 is 22.3 Å². The third-order valence-corrected chi connectivity index (χ3v) is 11.1. The predicted molar refractivity (Wildman–Crippen MR) is 159 cm³/mol. The van der Waals surface area contributed by atoms with Gasteiger partial charge in [0, 0.05) is 54.5 Å². The molecule has 0 saturated carbocycles. The molecule has 3 saturated heterocycles. The molecule has 0 spiro atoms. The summed E-state index contributed by atoms with van der Waals surface area (Å²) in [5.41, 5.74) is 8.30. The van der Waals surface area contributed by atoms with Gasteiger partial charge in [-0.1, -0.05) is 29.8 Å². The second-order valence-corrected chi connectivity index (χ2v) is 14.0. The van der Waals surface area contributed by atoms with Crippen LogP contribution in [-0.2, 0) is 26.0 Å². The predicted octanol–water partition coefficient (Wildman–Crippen LogP) is 3.90. The van der Waals surface area contributed by atoms with Crippen molar-refractivity contribution in [3.05, 3.63) is 64.4 Å². The number of carbonyl (C=O) groups excluding carboxylic acids is 1. The Balaban J connectivity index is 1.33. The lowest BCUT2D eigenvalue weighted by molar-refractivity contribution is -0.118. The first-order chi connectivity index (χ1) is 19.7. The molecule has 3 fully saturated rings. The topological polar surface area (TPSA) is 114 Å². The molecule has 4 N–H and O–H groups in total. The molecule has 8 nitrogen and oxygen atoms in total. The molecule has 2 aromatic carbocycles. The highest BCUT2D eigenvalue weighted by molar-refractivity contribution is 7.89. The first-order valence-electron chi connectivity index (χ1n) is 14.6. The minimum absolute atomic E-state index is 0.153. The number of carbonyl (C=O) groups is 1. The van der Waals surface area contributed by atoms with Crippen LogP contribution < -0.4 is 16.4 Å². The molecule has 3 aliphatic heterocycles. The SMILES string of the molecule is N[C@H](C(=O)Nc1cccc(F)c1CC[C@H]1CNC[C@H]2CCCS(=O)(=O)N1C2)[C@@H](c1ccc(Cl)cc1)C1CCOCC1. The van der Waals surface area contributed by atoms with Crippen LogP contribution in [0.4, 0.5) is 10.1 Å². The Morgan fingerprint density at radius 2 is 1.90 bits per heavy atom. The number of hydrogen-bond acceptors (Lipinski definition) is 6. The van der Waals surface area contributed by atoms with Crippen molar-refractivity contribution in [2.24, 2.45) is 17.6 Å². The van der Waals surface area contributed by atoms with E-state index in [2.05, 4.69) is 10.6 Å². The average molecular weight is 607 g/mol. The van der Waals surface area contributed by atoms with E-state index in [1.807, 2.05) is 12.1 Å². The molecule has 5 atom stereocenters. The van der Waals surface area contributed by atoms with E-state index < -0.39 is 27.8 Å². The second kappa shape index (κ2) is 13.5. The zero-order valence-electron chi connectivity index (χ0n) is 23.2. The number of nitrogens with zero attached hydrogens (tertiary/aromatic N) is 1. The van der Waals surface area contributed by atoms with Gasteiger partial charge >= 0.3 is 0 Å². The van der Waals surface area contributed by atoms with Gasteiger partial charge in [-0.15, -0.1) is 0 Å². The molecule has 0 aliphatic carbocycles. The van der Waals surface area contributed by atoms with Gasteiger partial charge in [0.25, 0.3) is 0 Å². The van der Waals surface area contributed by atoms with E-state index in [1.54, 1.807) is 28.6 Å². The van der Waals surface area contributed by atoms with E-state index in [4.69, 9.17) is 22.1 Å². The number of anilines is 1. The molecule has 1 amide bonds. The van der Waals surface area contributed by atoms with Crippen molar-refractivity contribution in [3.63, 3.8) is 0 Å². The fourth-order valence-corrected chi connectivity index (χ4v) is 8.59. The highest BCUT2D eigenvalue weighted by Crippen LogP contribution is 2.36. The van der Waals surface area contributed by atoms with Gasteiger partial charge in [-0.2, -0.15) is 4.31 Å². The van der Waals surface area contributed by atoms with Gasteiger partial charge in [-0.3, -0.25) is 4.79 Å². The van der Waals surface area contributed by atoms with Crippen molar-refractivity contribution in [2.75, 3.05) is 43.9 Å². The molecule has 3 aliphatic rings. The van der Waals surface area contributed by atoms with E-state index in [0.717, 1.165) is 31.4 Å². The molecule has 1 unspecified atom stereocenters. The van der Waals surface area contributed by atoms with E-state index in [1.165, 1.54) is 6.07 Å². The zero-order valence-corrected chi connectivity index (χ0v) is 24.8. The monoisotopic (exact) mass is 606 g/mol. The Morgan fingerprint density at radius 1 is 1.15 bits per heavy atom. The molecule has 2 bridgehead atoms. The summed E-state index contributed by atoms with van der Waals surface area (Å²) in [6, 6.07) is 10.9. The third-order valence-electron chi connectivity index (χ3n) is 8.85. The van der Waals surface area contributed by atoms with Crippen molar-refractivity contribution in [1.82, 2.24) is 9.62 Å². The molecule has 224 valence electrons. The number of rotatable bonds is 8. The molecule has 0 aromatic heterocycles. The molecule has 11 heteroatoms. The van der Waals surface area contributed by atoms with Crippen molar-refractivity contribution in [1.29, 1.82) is 0 Å². The number of halogens is 2. The molecular formula is C30H40ClFN4O4S. The van der Waals surface area contributed by atoms with Crippen LogP contribution in [0.1, 0.15) is 49.1 Å². The minimum Gasteiger partial charge on any atom is -0.381 e. The van der Waals surface area contributed by atoms with Crippen molar-refractivity contribution >= 4 is 33.2 Å². The van der Waals surface area contributed by atoms with E-state index >= 15 is 4.39 Å². The van der Waals surface area contributed by atoms with Gasteiger partial charge in [0.15, 0.2) is 0 Å². The van der Waals surface area contributed by atoms with Crippen LogP contribution in [-0.4, -0.2) is 69.3 Å². The lowest BCUT2D eigenvalue weighted by atomic mass is 9.76. The maximum atomic E-state index is 15.2. The van der Waals surface area contributed by atoms with Crippen LogP contribution in [0, 0.1) is 17.7 Å². The number of benzene rings is 2. The molecular weight excluding hydrogens is 567 g/mol. The summed E-state index contributed by atoms with van der Waals surface area (Å²) in [4.78, 5) is 13.6. The lowest BCUT2D eigenvalue weighted by Gasteiger charge is -2.34. The third kappa shape index (κ3) is 7.29. The van der Waals surface area contributed by atoms with Crippen LogP contribution in [0.3, 0.4) is 0 Å². The number of nitrogens with one attached hydrogen (secondary N) is 2. The van der Waals surface area contributed by atoms with Crippen molar-refractivity contribution in [3.8, 4) is 0 Å². The zero-order chi connectivity index (χ0) is 29.0. The van der Waals surface area contributed by atoms with Gasteiger partial charge in [-0.05, 0) is 86.7 Å². The molecule has 0 radical (unpaired) electrons. The first kappa shape index (κ1) is 30.4. The molecule has 2 aromatic rings. The Bertz CT molecular complexity index is 1310. The Kier molecular flexibility index (Phi) is 9.99. The summed E-state index contributed by atoms with van der Waals surface area (Å²) in [5.74, 6) is -0.496. The van der Waals surface area contributed by atoms with Crippen molar-refractivity contribution in [2.45, 2.75) is 56.5 Å². The fraction of sp³-hybridized carbons (Fsp3) is 0.567.